The molecule has 1 saturated heterocycles. The Kier molecular flexibility index (Phi) is 7.10. The molecule has 8 nitrogen and oxygen atoms in total. The quantitative estimate of drug-likeness (QED) is 0.299. The topological polar surface area (TPSA) is 118 Å². The van der Waals surface area contributed by atoms with E-state index in [1.165, 1.54) is 17.0 Å². The van der Waals surface area contributed by atoms with Crippen LogP contribution in [0.1, 0.15) is 43.7 Å². The third-order valence-electron chi connectivity index (χ3n) is 5.70. The molecule has 0 saturated carbocycles. The molecule has 1 aliphatic heterocycles. The van der Waals surface area contributed by atoms with Gasteiger partial charge in [0, 0.05) is 25.2 Å². The molecule has 0 aliphatic carbocycles. The fourth-order valence-corrected chi connectivity index (χ4v) is 4.82. The summed E-state index contributed by atoms with van der Waals surface area (Å²) in [5.41, 5.74) is 2.68. The Balaban J connectivity index is 1.93. The highest BCUT2D eigenvalue weighted by Crippen LogP contribution is 2.38. The number of piperidine rings is 1. The Labute approximate surface area is 187 Å². The number of benzene rings is 2. The van der Waals surface area contributed by atoms with Crippen molar-refractivity contribution < 1.29 is 22.7 Å². The number of likely N-dealkylation sites (tertiary alicyclic amines) is 1. The molecule has 32 heavy (non-hydrogen) atoms. The van der Waals surface area contributed by atoms with E-state index in [2.05, 4.69) is 0 Å². The molecular formula is C23H26N2O6S. The Morgan fingerprint density at radius 3 is 2.41 bits per heavy atom. The molecule has 3 rings (SSSR count). The van der Waals surface area contributed by atoms with Crippen LogP contribution in [0.25, 0.3) is 17.2 Å². The van der Waals surface area contributed by atoms with E-state index in [9.17, 15) is 27.9 Å². The maximum atomic E-state index is 12.7. The fourth-order valence-electron chi connectivity index (χ4n) is 4.01. The lowest BCUT2D eigenvalue weighted by Gasteiger charge is -2.29. The van der Waals surface area contributed by atoms with Crippen LogP contribution < -0.4 is 0 Å². The lowest BCUT2D eigenvalue weighted by atomic mass is 9.89. The molecule has 0 spiro atoms. The van der Waals surface area contributed by atoms with Gasteiger partial charge in [0.25, 0.3) is 15.8 Å². The third kappa shape index (κ3) is 5.23. The fraction of sp³-hybridized carbons (Fsp3) is 0.348. The van der Waals surface area contributed by atoms with Gasteiger partial charge in [-0.05, 0) is 41.5 Å². The Hall–Kier alpha value is -3.04. The van der Waals surface area contributed by atoms with E-state index in [0.29, 0.717) is 11.1 Å². The van der Waals surface area contributed by atoms with Gasteiger partial charge in [-0.3, -0.25) is 19.5 Å². The van der Waals surface area contributed by atoms with E-state index in [0.717, 1.165) is 11.1 Å². The summed E-state index contributed by atoms with van der Waals surface area (Å²) in [4.78, 5) is 25.5. The molecule has 9 heteroatoms. The van der Waals surface area contributed by atoms with Gasteiger partial charge >= 0.3 is 0 Å². The van der Waals surface area contributed by atoms with Gasteiger partial charge in [-0.1, -0.05) is 50.2 Å². The van der Waals surface area contributed by atoms with Gasteiger partial charge < -0.3 is 4.90 Å². The Bertz CT molecular complexity index is 1150. The maximum Gasteiger partial charge on any atom is 0.277 e. The zero-order chi connectivity index (χ0) is 23.5. The van der Waals surface area contributed by atoms with Crippen molar-refractivity contribution in [1.29, 1.82) is 0 Å². The number of carbonyl (C=O) groups excluding carboxylic acids is 1. The molecule has 170 valence electrons. The van der Waals surface area contributed by atoms with Crippen LogP contribution >= 0.6 is 0 Å². The number of carbonyl (C=O) groups is 1. The molecule has 0 atom stereocenters. The van der Waals surface area contributed by atoms with Gasteiger partial charge in [0.1, 0.15) is 0 Å². The van der Waals surface area contributed by atoms with Crippen LogP contribution in [0.4, 0.5) is 5.69 Å². The third-order valence-corrected chi connectivity index (χ3v) is 7.02. The normalized spacial score (nSPS) is 15.4. The average molecular weight is 459 g/mol. The summed E-state index contributed by atoms with van der Waals surface area (Å²) in [6, 6.07) is 12.3. The summed E-state index contributed by atoms with van der Waals surface area (Å²) in [6.07, 6.45) is 3.26. The van der Waals surface area contributed by atoms with Crippen molar-refractivity contribution in [3.8, 4) is 11.1 Å². The molecule has 0 aromatic heterocycles. The van der Waals surface area contributed by atoms with Crippen molar-refractivity contribution in [3.05, 3.63) is 69.8 Å². The van der Waals surface area contributed by atoms with Crippen LogP contribution in [0.5, 0.6) is 0 Å². The van der Waals surface area contributed by atoms with E-state index < -0.39 is 20.3 Å². The smallest absolute Gasteiger partial charge is 0.277 e. The number of nitro groups is 1. The van der Waals surface area contributed by atoms with E-state index in [1.807, 2.05) is 38.1 Å². The van der Waals surface area contributed by atoms with Gasteiger partial charge in [0.15, 0.2) is 0 Å². The summed E-state index contributed by atoms with van der Waals surface area (Å²) < 4.78 is 31.8. The molecule has 0 unspecified atom stereocenters. The standard InChI is InChI=1S/C23H26N2O6S/c1-16(2)19-7-3-4-8-20(19)23-17(6-5-9-21(23)25(27)28)10-11-22(26)24-14-12-18(13-15-24)32(29,30)31/h3-11,16,18H,12-15H2,1-2H3,(H,29,30,31)/b11-10+. The van der Waals surface area contributed by atoms with Gasteiger partial charge in [-0.25, -0.2) is 0 Å². The van der Waals surface area contributed by atoms with E-state index in [1.54, 1.807) is 18.2 Å². The predicted octanol–water partition coefficient (Wildman–Crippen LogP) is 4.28. The highest BCUT2D eigenvalue weighted by atomic mass is 32.2. The van der Waals surface area contributed by atoms with E-state index in [-0.39, 0.29) is 43.4 Å². The van der Waals surface area contributed by atoms with Crippen molar-refractivity contribution in [3.63, 3.8) is 0 Å². The molecular weight excluding hydrogens is 432 g/mol. The minimum Gasteiger partial charge on any atom is -0.339 e. The number of rotatable bonds is 6. The molecule has 0 radical (unpaired) electrons. The van der Waals surface area contributed by atoms with Gasteiger partial charge in [0.05, 0.1) is 15.7 Å². The second kappa shape index (κ2) is 9.62. The lowest BCUT2D eigenvalue weighted by Crippen LogP contribution is -2.41. The van der Waals surface area contributed by atoms with Crippen LogP contribution in [-0.4, -0.2) is 47.0 Å². The maximum absolute atomic E-state index is 12.7. The second-order valence-electron chi connectivity index (χ2n) is 8.11. The summed E-state index contributed by atoms with van der Waals surface area (Å²) in [5.74, 6) is -0.165. The van der Waals surface area contributed by atoms with Crippen molar-refractivity contribution in [2.45, 2.75) is 37.9 Å². The first-order valence-corrected chi connectivity index (χ1v) is 11.9. The number of nitrogens with zero attached hydrogens (tertiary/aromatic N) is 2. The molecule has 1 aliphatic rings. The van der Waals surface area contributed by atoms with E-state index >= 15 is 0 Å². The van der Waals surface area contributed by atoms with E-state index in [4.69, 9.17) is 0 Å². The monoisotopic (exact) mass is 458 g/mol. The summed E-state index contributed by atoms with van der Waals surface area (Å²) in [6.45, 7) is 4.46. The molecule has 1 amide bonds. The molecule has 1 fully saturated rings. The van der Waals surface area contributed by atoms with Crippen LogP contribution in [-0.2, 0) is 14.9 Å². The van der Waals surface area contributed by atoms with Gasteiger partial charge in [-0.15, -0.1) is 0 Å². The largest absolute Gasteiger partial charge is 0.339 e. The van der Waals surface area contributed by atoms with Crippen molar-refractivity contribution in [2.24, 2.45) is 0 Å². The minimum absolute atomic E-state index is 0.0401. The first kappa shape index (κ1) is 23.6. The zero-order valence-electron chi connectivity index (χ0n) is 18.0. The summed E-state index contributed by atoms with van der Waals surface area (Å²) in [7, 11) is -4.11. The van der Waals surface area contributed by atoms with Crippen molar-refractivity contribution in [2.75, 3.05) is 13.1 Å². The Morgan fingerprint density at radius 1 is 1.16 bits per heavy atom. The van der Waals surface area contributed by atoms with Crippen LogP contribution in [0.3, 0.4) is 0 Å². The first-order chi connectivity index (χ1) is 15.1. The zero-order valence-corrected chi connectivity index (χ0v) is 18.8. The minimum atomic E-state index is -4.11. The first-order valence-electron chi connectivity index (χ1n) is 10.4. The SMILES string of the molecule is CC(C)c1ccccc1-c1c(/C=C/C(=O)N2CCC(S(=O)(=O)O)CC2)cccc1[N+](=O)[O-]. The number of nitro benzene ring substituents is 1. The molecule has 2 aromatic carbocycles. The predicted molar refractivity (Wildman–Crippen MR) is 123 cm³/mol. The number of hydrogen-bond acceptors (Lipinski definition) is 5. The lowest BCUT2D eigenvalue weighted by molar-refractivity contribution is -0.384. The number of amides is 1. The highest BCUT2D eigenvalue weighted by Gasteiger charge is 2.29. The van der Waals surface area contributed by atoms with Crippen LogP contribution in [0.15, 0.2) is 48.5 Å². The second-order valence-corrected chi connectivity index (χ2v) is 9.81. The van der Waals surface area contributed by atoms with Gasteiger partial charge in [-0.2, -0.15) is 8.42 Å². The average Bonchev–Trinajstić information content (AvgIpc) is 2.76. The number of hydrogen-bond donors (Lipinski definition) is 1. The van der Waals surface area contributed by atoms with Crippen molar-refractivity contribution in [1.82, 2.24) is 4.90 Å². The molecule has 0 bridgehead atoms. The molecule has 1 N–H and O–H groups in total. The van der Waals surface area contributed by atoms with Crippen molar-refractivity contribution >= 4 is 27.8 Å². The molecule has 1 heterocycles. The van der Waals surface area contributed by atoms with Gasteiger partial charge in [0.2, 0.25) is 5.91 Å². The summed E-state index contributed by atoms with van der Waals surface area (Å²) >= 11 is 0. The Morgan fingerprint density at radius 2 is 1.81 bits per heavy atom. The van der Waals surface area contributed by atoms with Crippen LogP contribution in [0, 0.1) is 10.1 Å². The highest BCUT2D eigenvalue weighted by molar-refractivity contribution is 7.86. The molecule has 2 aromatic rings. The van der Waals surface area contributed by atoms with Crippen LogP contribution in [0.2, 0.25) is 0 Å². The summed E-state index contributed by atoms with van der Waals surface area (Å²) in [5, 5.41) is 10.9.